The van der Waals surface area contributed by atoms with Gasteiger partial charge in [0.2, 0.25) is 0 Å². The van der Waals surface area contributed by atoms with Crippen molar-refractivity contribution in [3.8, 4) is 22.5 Å². The fourth-order valence-corrected chi connectivity index (χ4v) is 4.62. The van der Waals surface area contributed by atoms with E-state index in [-0.39, 0.29) is 5.91 Å². The zero-order valence-corrected chi connectivity index (χ0v) is 17.8. The monoisotopic (exact) mass is 415 g/mol. The van der Waals surface area contributed by atoms with Crippen LogP contribution in [0.25, 0.3) is 22.5 Å². The fourth-order valence-electron chi connectivity index (χ4n) is 4.62. The number of carbonyl (C=O) groups excluding carboxylic acids is 1. The van der Waals surface area contributed by atoms with E-state index in [2.05, 4.69) is 50.0 Å². The summed E-state index contributed by atoms with van der Waals surface area (Å²) in [7, 11) is 0. The highest BCUT2D eigenvalue weighted by Crippen LogP contribution is 2.39. The Kier molecular flexibility index (Phi) is 5.82. The highest BCUT2D eigenvalue weighted by Gasteiger charge is 2.24. The highest BCUT2D eigenvalue weighted by molar-refractivity contribution is 5.94. The van der Waals surface area contributed by atoms with E-state index in [1.165, 1.54) is 23.1 Å². The predicted octanol–water partition coefficient (Wildman–Crippen LogP) is 3.06. The van der Waals surface area contributed by atoms with Gasteiger partial charge in [-0.2, -0.15) is 5.10 Å². The number of amides is 1. The number of hydrogen-bond acceptors (Lipinski definition) is 4. The Labute approximate surface area is 183 Å². The average molecular weight is 416 g/mol. The third-order valence-electron chi connectivity index (χ3n) is 6.31. The van der Waals surface area contributed by atoms with Crippen LogP contribution < -0.4 is 10.6 Å². The number of aromatic amines is 1. The van der Waals surface area contributed by atoms with Gasteiger partial charge in [-0.1, -0.05) is 36.4 Å². The number of fused-ring (bicyclic) bond motifs is 3. The molecule has 0 unspecified atom stereocenters. The van der Waals surface area contributed by atoms with Crippen molar-refractivity contribution in [2.24, 2.45) is 0 Å². The van der Waals surface area contributed by atoms with Crippen molar-refractivity contribution < 1.29 is 4.79 Å². The number of rotatable bonds is 6. The van der Waals surface area contributed by atoms with Crippen molar-refractivity contribution in [1.29, 1.82) is 0 Å². The maximum Gasteiger partial charge on any atom is 0.251 e. The van der Waals surface area contributed by atoms with Crippen LogP contribution in [0.2, 0.25) is 0 Å². The fraction of sp³-hybridized carbons (Fsp3) is 0.360. The zero-order chi connectivity index (χ0) is 21.0. The van der Waals surface area contributed by atoms with Crippen molar-refractivity contribution in [3.63, 3.8) is 0 Å². The van der Waals surface area contributed by atoms with Crippen LogP contribution >= 0.6 is 0 Å². The molecule has 1 fully saturated rings. The molecule has 31 heavy (non-hydrogen) atoms. The van der Waals surface area contributed by atoms with Crippen LogP contribution in [0.4, 0.5) is 0 Å². The molecule has 160 valence electrons. The summed E-state index contributed by atoms with van der Waals surface area (Å²) in [6.45, 7) is 6.15. The van der Waals surface area contributed by atoms with Crippen molar-refractivity contribution in [1.82, 2.24) is 25.7 Å². The van der Waals surface area contributed by atoms with E-state index in [1.807, 2.05) is 24.3 Å². The van der Waals surface area contributed by atoms with E-state index < -0.39 is 0 Å². The molecule has 2 heterocycles. The van der Waals surface area contributed by atoms with Gasteiger partial charge in [0.1, 0.15) is 0 Å². The van der Waals surface area contributed by atoms with Crippen molar-refractivity contribution >= 4 is 5.91 Å². The second-order valence-electron chi connectivity index (χ2n) is 8.39. The molecule has 0 radical (unpaired) electrons. The zero-order valence-electron chi connectivity index (χ0n) is 17.8. The van der Waals surface area contributed by atoms with Crippen LogP contribution in [0.15, 0.2) is 48.5 Å². The highest BCUT2D eigenvalue weighted by atomic mass is 16.1. The molecule has 0 spiro atoms. The smallest absolute Gasteiger partial charge is 0.251 e. The first-order valence-electron chi connectivity index (χ1n) is 11.3. The molecule has 1 aromatic heterocycles. The maximum atomic E-state index is 12.5. The quantitative estimate of drug-likeness (QED) is 0.423. The average Bonchev–Trinajstić information content (AvgIpc) is 3.26. The van der Waals surface area contributed by atoms with Crippen molar-refractivity contribution in [2.75, 3.05) is 39.3 Å². The van der Waals surface area contributed by atoms with Crippen LogP contribution in [-0.2, 0) is 6.42 Å². The van der Waals surface area contributed by atoms with Crippen LogP contribution in [-0.4, -0.2) is 60.3 Å². The molecule has 1 amide bonds. The van der Waals surface area contributed by atoms with E-state index >= 15 is 0 Å². The lowest BCUT2D eigenvalue weighted by atomic mass is 10.0. The van der Waals surface area contributed by atoms with Gasteiger partial charge < -0.3 is 15.5 Å². The number of hydrogen-bond donors (Lipinski definition) is 3. The van der Waals surface area contributed by atoms with Gasteiger partial charge in [0.15, 0.2) is 0 Å². The van der Waals surface area contributed by atoms with E-state index in [1.54, 1.807) is 0 Å². The van der Waals surface area contributed by atoms with Gasteiger partial charge in [-0.3, -0.25) is 9.89 Å². The first-order chi connectivity index (χ1) is 15.3. The Bertz CT molecular complexity index is 1050. The molecule has 1 aliphatic heterocycles. The molecule has 2 aliphatic rings. The van der Waals surface area contributed by atoms with Gasteiger partial charge >= 0.3 is 0 Å². The third kappa shape index (κ3) is 4.27. The Morgan fingerprint density at radius 3 is 2.84 bits per heavy atom. The van der Waals surface area contributed by atoms with Gasteiger partial charge in [-0.15, -0.1) is 0 Å². The third-order valence-corrected chi connectivity index (χ3v) is 6.31. The molecule has 0 bridgehead atoms. The lowest BCUT2D eigenvalue weighted by molar-refractivity contribution is 0.0951. The van der Waals surface area contributed by atoms with Crippen LogP contribution in [0, 0.1) is 0 Å². The van der Waals surface area contributed by atoms with E-state index in [9.17, 15) is 4.79 Å². The summed E-state index contributed by atoms with van der Waals surface area (Å²) < 4.78 is 0. The molecule has 0 saturated carbocycles. The summed E-state index contributed by atoms with van der Waals surface area (Å²) in [6, 6.07) is 16.2. The summed E-state index contributed by atoms with van der Waals surface area (Å²) >= 11 is 0. The Balaban J connectivity index is 1.17. The Hall–Kier alpha value is -2.96. The summed E-state index contributed by atoms with van der Waals surface area (Å²) in [5, 5.41) is 14.2. The molecule has 3 N–H and O–H groups in total. The summed E-state index contributed by atoms with van der Waals surface area (Å²) in [5.41, 5.74) is 7.64. The molecule has 0 atom stereocenters. The molecular formula is C25H29N5O. The molecule has 2 aromatic carbocycles. The first kappa shape index (κ1) is 20.0. The largest absolute Gasteiger partial charge is 0.352 e. The summed E-state index contributed by atoms with van der Waals surface area (Å²) in [4.78, 5) is 15.0. The molecule has 1 saturated heterocycles. The van der Waals surface area contributed by atoms with E-state index in [4.69, 9.17) is 0 Å². The molecule has 6 nitrogen and oxygen atoms in total. The molecular weight excluding hydrogens is 386 g/mol. The van der Waals surface area contributed by atoms with Crippen LogP contribution in [0.1, 0.15) is 34.3 Å². The molecule has 5 rings (SSSR count). The second-order valence-corrected chi connectivity index (χ2v) is 8.39. The minimum absolute atomic E-state index is 0.0104. The van der Waals surface area contributed by atoms with Crippen molar-refractivity contribution in [2.45, 2.75) is 19.3 Å². The topological polar surface area (TPSA) is 73.1 Å². The second kappa shape index (κ2) is 9.04. The Morgan fingerprint density at radius 2 is 1.94 bits per heavy atom. The van der Waals surface area contributed by atoms with Gasteiger partial charge in [0.25, 0.3) is 5.91 Å². The number of nitrogens with zero attached hydrogens (tertiary/aromatic N) is 2. The molecule has 3 aromatic rings. The Morgan fingerprint density at radius 1 is 1.06 bits per heavy atom. The lowest BCUT2D eigenvalue weighted by Crippen LogP contribution is -2.32. The first-order valence-corrected chi connectivity index (χ1v) is 11.3. The van der Waals surface area contributed by atoms with Gasteiger partial charge in [0.05, 0.1) is 11.4 Å². The number of benzene rings is 2. The predicted molar refractivity (Wildman–Crippen MR) is 123 cm³/mol. The SMILES string of the molecule is O=C(NCCCN1CCCNCC1)c1ccc(-c2n[nH]c3c2Cc2ccccc2-3)cc1. The van der Waals surface area contributed by atoms with E-state index in [0.29, 0.717) is 12.1 Å². The van der Waals surface area contributed by atoms with Gasteiger partial charge in [-0.05, 0) is 50.2 Å². The lowest BCUT2D eigenvalue weighted by Gasteiger charge is -2.19. The summed E-state index contributed by atoms with van der Waals surface area (Å²) in [5.74, 6) is -0.0104. The van der Waals surface area contributed by atoms with Gasteiger partial charge in [-0.25, -0.2) is 0 Å². The summed E-state index contributed by atoms with van der Waals surface area (Å²) in [6.07, 6.45) is 3.07. The molecule has 1 aliphatic carbocycles. The number of nitrogens with one attached hydrogen (secondary N) is 3. The number of carbonyl (C=O) groups is 1. The van der Waals surface area contributed by atoms with Gasteiger partial charge in [0, 0.05) is 48.3 Å². The number of aromatic nitrogens is 2. The number of H-pyrrole nitrogens is 1. The standard InChI is InChI=1S/C25H29N5O/c31-25(27-12-4-15-30-14-3-11-26-13-16-30)19-9-7-18(8-10-19)23-22-17-20-5-1-2-6-21(20)24(22)29-28-23/h1-2,5-10,26H,3-4,11-17H2,(H,27,31)(H,28,29). The molecule has 6 heteroatoms. The van der Waals surface area contributed by atoms with E-state index in [0.717, 1.165) is 62.5 Å². The maximum absolute atomic E-state index is 12.5. The van der Waals surface area contributed by atoms with Crippen LogP contribution in [0.5, 0.6) is 0 Å². The van der Waals surface area contributed by atoms with Crippen molar-refractivity contribution in [3.05, 3.63) is 65.2 Å². The minimum Gasteiger partial charge on any atom is -0.352 e. The van der Waals surface area contributed by atoms with Crippen LogP contribution in [0.3, 0.4) is 0 Å². The minimum atomic E-state index is -0.0104. The normalized spacial score (nSPS) is 15.9.